The first-order valence-corrected chi connectivity index (χ1v) is 3.65. The molecular weight excluding hydrogens is 152 g/mol. The maximum Gasteiger partial charge on any atom is 0.0715 e. The lowest BCUT2D eigenvalue weighted by atomic mass is 10.1. The minimum atomic E-state index is -1.14. The molecule has 0 aromatic heterocycles. The van der Waals surface area contributed by atoms with Gasteiger partial charge in [-0.1, -0.05) is 30.3 Å². The van der Waals surface area contributed by atoms with E-state index < -0.39 is 5.97 Å². The highest BCUT2D eigenvalue weighted by molar-refractivity contribution is 5.85. The zero-order valence-electron chi connectivity index (χ0n) is 6.62. The number of hydrogen-bond donors (Lipinski definition) is 0. The summed E-state index contributed by atoms with van der Waals surface area (Å²) in [5.74, 6) is -1.14. The molecule has 2 heteroatoms. The molecule has 0 aliphatic rings. The number of aromatic carboxylic acids is 1. The van der Waals surface area contributed by atoms with Gasteiger partial charge in [0.05, 0.1) is 5.97 Å². The van der Waals surface area contributed by atoms with Gasteiger partial charge in [-0.25, -0.2) is 0 Å². The van der Waals surface area contributed by atoms with Crippen molar-refractivity contribution in [2.24, 2.45) is 0 Å². The second-order valence-corrected chi connectivity index (χ2v) is 2.48. The molecule has 0 bridgehead atoms. The van der Waals surface area contributed by atoms with E-state index in [1.807, 2.05) is 0 Å². The molecule has 0 atom stereocenters. The summed E-state index contributed by atoms with van der Waals surface area (Å²) < 4.78 is 0. The molecular formula is C10H9O2-. The van der Waals surface area contributed by atoms with Gasteiger partial charge in [-0.2, -0.15) is 0 Å². The smallest absolute Gasteiger partial charge is 0.0715 e. The molecule has 1 aromatic carbocycles. The first-order chi connectivity index (χ1) is 5.74. The van der Waals surface area contributed by atoms with Crippen molar-refractivity contribution < 1.29 is 9.90 Å². The summed E-state index contributed by atoms with van der Waals surface area (Å²) >= 11 is 0. The van der Waals surface area contributed by atoms with Crippen molar-refractivity contribution in [2.75, 3.05) is 0 Å². The van der Waals surface area contributed by atoms with Gasteiger partial charge in [0.25, 0.3) is 0 Å². The van der Waals surface area contributed by atoms with Gasteiger partial charge in [0, 0.05) is 0 Å². The number of hydrogen-bond acceptors (Lipinski definition) is 2. The van der Waals surface area contributed by atoms with Crippen LogP contribution in [-0.4, -0.2) is 5.97 Å². The fourth-order valence-electron chi connectivity index (χ4n) is 0.944. The second-order valence-electron chi connectivity index (χ2n) is 2.48. The van der Waals surface area contributed by atoms with E-state index in [9.17, 15) is 9.90 Å². The fraction of sp³-hybridized carbons (Fsp3) is 0.100. The number of rotatable bonds is 3. The molecule has 0 unspecified atom stereocenters. The van der Waals surface area contributed by atoms with Crippen LogP contribution in [0.2, 0.25) is 0 Å². The van der Waals surface area contributed by atoms with Crippen LogP contribution in [0.1, 0.15) is 15.9 Å². The predicted molar refractivity (Wildman–Crippen MR) is 44.7 cm³/mol. The van der Waals surface area contributed by atoms with Gasteiger partial charge in [-0.05, 0) is 17.5 Å². The Bertz CT molecular complexity index is 285. The molecule has 12 heavy (non-hydrogen) atoms. The Morgan fingerprint density at radius 3 is 2.42 bits per heavy atom. The molecule has 2 nitrogen and oxygen atoms in total. The lowest BCUT2D eigenvalue weighted by Gasteiger charge is -2.02. The van der Waals surface area contributed by atoms with E-state index in [1.165, 1.54) is 12.1 Å². The summed E-state index contributed by atoms with van der Waals surface area (Å²) in [7, 11) is 0. The molecule has 0 saturated heterocycles. The highest BCUT2D eigenvalue weighted by Crippen LogP contribution is 2.04. The zero-order chi connectivity index (χ0) is 8.97. The van der Waals surface area contributed by atoms with Crippen LogP contribution in [0, 0.1) is 0 Å². The van der Waals surface area contributed by atoms with Gasteiger partial charge in [0.15, 0.2) is 0 Å². The third-order valence-corrected chi connectivity index (χ3v) is 1.57. The lowest BCUT2D eigenvalue weighted by Crippen LogP contribution is -2.21. The number of allylic oxidation sites excluding steroid dienone is 1. The first-order valence-electron chi connectivity index (χ1n) is 3.65. The minimum absolute atomic E-state index is 0.211. The Balaban J connectivity index is 2.85. The second kappa shape index (κ2) is 3.72. The number of carboxylic acid groups (broad SMARTS) is 1. The average molecular weight is 161 g/mol. The van der Waals surface area contributed by atoms with E-state index in [2.05, 4.69) is 6.58 Å². The van der Waals surface area contributed by atoms with Gasteiger partial charge in [-0.15, -0.1) is 6.58 Å². The Hall–Kier alpha value is -1.57. The Morgan fingerprint density at radius 2 is 2.00 bits per heavy atom. The van der Waals surface area contributed by atoms with Crippen LogP contribution in [0.25, 0.3) is 0 Å². The molecule has 0 saturated carbocycles. The number of benzene rings is 1. The number of carboxylic acids is 1. The largest absolute Gasteiger partial charge is 0.545 e. The minimum Gasteiger partial charge on any atom is -0.545 e. The van der Waals surface area contributed by atoms with Crippen LogP contribution in [0.5, 0.6) is 0 Å². The van der Waals surface area contributed by atoms with Crippen LogP contribution in [0.4, 0.5) is 0 Å². The maximum absolute atomic E-state index is 10.3. The van der Waals surface area contributed by atoms with Gasteiger partial charge < -0.3 is 9.90 Å². The molecule has 0 aliphatic heterocycles. The molecule has 0 aliphatic carbocycles. The summed E-state index contributed by atoms with van der Waals surface area (Å²) in [6.45, 7) is 3.58. The van der Waals surface area contributed by atoms with Crippen molar-refractivity contribution in [3.63, 3.8) is 0 Å². The van der Waals surface area contributed by atoms with E-state index in [0.717, 1.165) is 12.0 Å². The van der Waals surface area contributed by atoms with Crippen LogP contribution in [0.3, 0.4) is 0 Å². The van der Waals surface area contributed by atoms with Gasteiger partial charge in [0.1, 0.15) is 0 Å². The first kappa shape index (κ1) is 8.53. The summed E-state index contributed by atoms with van der Waals surface area (Å²) in [5.41, 5.74) is 1.26. The predicted octanol–water partition coefficient (Wildman–Crippen LogP) is 0.779. The monoisotopic (exact) mass is 161 g/mol. The topological polar surface area (TPSA) is 40.1 Å². The van der Waals surface area contributed by atoms with E-state index in [-0.39, 0.29) is 5.56 Å². The van der Waals surface area contributed by atoms with E-state index in [0.29, 0.717) is 0 Å². The summed E-state index contributed by atoms with van der Waals surface area (Å²) in [4.78, 5) is 10.3. The lowest BCUT2D eigenvalue weighted by molar-refractivity contribution is -0.255. The van der Waals surface area contributed by atoms with Crippen LogP contribution in [0.15, 0.2) is 36.9 Å². The average Bonchev–Trinajstić information content (AvgIpc) is 2.06. The van der Waals surface area contributed by atoms with Crippen molar-refractivity contribution in [1.82, 2.24) is 0 Å². The quantitative estimate of drug-likeness (QED) is 0.614. The van der Waals surface area contributed by atoms with Crippen molar-refractivity contribution in [1.29, 1.82) is 0 Å². The van der Waals surface area contributed by atoms with E-state index in [1.54, 1.807) is 18.2 Å². The normalized spacial score (nSPS) is 9.33. The molecule has 0 radical (unpaired) electrons. The van der Waals surface area contributed by atoms with Gasteiger partial charge in [0.2, 0.25) is 0 Å². The van der Waals surface area contributed by atoms with Crippen molar-refractivity contribution in [2.45, 2.75) is 6.42 Å². The zero-order valence-corrected chi connectivity index (χ0v) is 6.62. The number of carbonyl (C=O) groups excluding carboxylic acids is 1. The third kappa shape index (κ3) is 1.95. The highest BCUT2D eigenvalue weighted by atomic mass is 16.4. The molecule has 1 aromatic rings. The van der Waals surface area contributed by atoms with Crippen molar-refractivity contribution in [3.05, 3.63) is 48.0 Å². The van der Waals surface area contributed by atoms with E-state index >= 15 is 0 Å². The molecule has 62 valence electrons. The van der Waals surface area contributed by atoms with Crippen molar-refractivity contribution in [3.8, 4) is 0 Å². The van der Waals surface area contributed by atoms with Crippen LogP contribution in [-0.2, 0) is 6.42 Å². The van der Waals surface area contributed by atoms with Gasteiger partial charge >= 0.3 is 0 Å². The molecule has 1 rings (SSSR count). The maximum atomic E-state index is 10.3. The van der Waals surface area contributed by atoms with Gasteiger partial charge in [-0.3, -0.25) is 0 Å². The Kier molecular flexibility index (Phi) is 2.64. The molecule has 0 amide bonds. The molecule has 0 fully saturated rings. The highest BCUT2D eigenvalue weighted by Gasteiger charge is 1.92. The molecule has 0 heterocycles. The Morgan fingerprint density at radius 1 is 1.42 bits per heavy atom. The third-order valence-electron chi connectivity index (χ3n) is 1.57. The van der Waals surface area contributed by atoms with E-state index in [4.69, 9.17) is 0 Å². The molecule has 0 spiro atoms. The summed E-state index contributed by atoms with van der Waals surface area (Å²) in [5, 5.41) is 10.3. The molecule has 0 N–H and O–H groups in total. The SMILES string of the molecule is C=CCc1ccc(C(=O)[O-])cc1. The van der Waals surface area contributed by atoms with Crippen molar-refractivity contribution >= 4 is 5.97 Å². The number of carbonyl (C=O) groups is 1. The summed E-state index contributed by atoms with van der Waals surface area (Å²) in [6, 6.07) is 6.59. The Labute approximate surface area is 71.2 Å². The van der Waals surface area contributed by atoms with Crippen LogP contribution < -0.4 is 5.11 Å². The fourth-order valence-corrected chi connectivity index (χ4v) is 0.944. The van der Waals surface area contributed by atoms with Crippen LogP contribution >= 0.6 is 0 Å². The summed E-state index contributed by atoms with van der Waals surface area (Å²) in [6.07, 6.45) is 2.53. The standard InChI is InChI=1S/C10H10O2/c1-2-3-8-4-6-9(7-5-8)10(11)12/h2,4-7H,1,3H2,(H,11,12)/p-1.